The monoisotopic (exact) mass is 496 g/mol. The van der Waals surface area contributed by atoms with Gasteiger partial charge in [-0.1, -0.05) is 56.7 Å². The van der Waals surface area contributed by atoms with Crippen molar-refractivity contribution in [2.75, 3.05) is 6.26 Å². The predicted octanol–water partition coefficient (Wildman–Crippen LogP) is 3.10. The van der Waals surface area contributed by atoms with Crippen LogP contribution in [0.4, 0.5) is 4.79 Å². The Hall–Kier alpha value is -2.88. The number of benzene rings is 1. The Labute approximate surface area is 202 Å². The van der Waals surface area contributed by atoms with Crippen molar-refractivity contribution in [3.63, 3.8) is 0 Å². The van der Waals surface area contributed by atoms with Crippen molar-refractivity contribution < 1.29 is 32.3 Å². The molecule has 0 bridgehead atoms. The van der Waals surface area contributed by atoms with Crippen molar-refractivity contribution in [1.29, 1.82) is 0 Å². The van der Waals surface area contributed by atoms with Crippen LogP contribution in [0.15, 0.2) is 41.8 Å². The lowest BCUT2D eigenvalue weighted by atomic mass is 9.98. The van der Waals surface area contributed by atoms with Crippen LogP contribution < -0.4 is 10.6 Å². The lowest BCUT2D eigenvalue weighted by Gasteiger charge is -2.26. The Morgan fingerprint density at radius 3 is 2.24 bits per heavy atom. The van der Waals surface area contributed by atoms with E-state index in [0.717, 1.165) is 17.2 Å². The van der Waals surface area contributed by atoms with Crippen LogP contribution in [0.2, 0.25) is 0 Å². The Kier molecular flexibility index (Phi) is 11.3. The number of sulfone groups is 1. The van der Waals surface area contributed by atoms with E-state index in [4.69, 9.17) is 9.47 Å². The summed E-state index contributed by atoms with van der Waals surface area (Å²) < 4.78 is 33.6. The highest BCUT2D eigenvalue weighted by Gasteiger charge is 2.29. The van der Waals surface area contributed by atoms with Crippen LogP contribution in [0.1, 0.15) is 53.0 Å². The normalized spacial score (nSPS) is 14.6. The highest BCUT2D eigenvalue weighted by atomic mass is 32.2. The molecule has 0 aromatic heterocycles. The molecule has 0 saturated carbocycles. The van der Waals surface area contributed by atoms with Gasteiger partial charge < -0.3 is 20.1 Å². The highest BCUT2D eigenvalue weighted by Crippen LogP contribution is 2.13. The molecule has 0 aliphatic carbocycles. The van der Waals surface area contributed by atoms with Gasteiger partial charge in [0.2, 0.25) is 5.91 Å². The fourth-order valence-corrected chi connectivity index (χ4v) is 3.31. The summed E-state index contributed by atoms with van der Waals surface area (Å²) in [5.41, 5.74) is 0.0562. The standard InChI is InChI=1S/C24H36N2O7S/c1-7-17(2)21(26-23(29)32-16-18-11-9-8-10-12-18)22(28)25-19(13-14-34(6,30)31)15-20(27)33-24(3,4)5/h8-14,17,19,21H,7,15-16H2,1-6H3,(H,25,28)(H,26,29)/b14-13+/t17-,19+,21-/m0/s1. The van der Waals surface area contributed by atoms with E-state index in [1.54, 1.807) is 27.7 Å². The maximum atomic E-state index is 13.0. The topological polar surface area (TPSA) is 128 Å². The van der Waals surface area contributed by atoms with Crippen molar-refractivity contribution in [2.24, 2.45) is 5.92 Å². The van der Waals surface area contributed by atoms with E-state index in [9.17, 15) is 22.8 Å². The number of hydrogen-bond acceptors (Lipinski definition) is 7. The van der Waals surface area contributed by atoms with Crippen LogP contribution in [0.25, 0.3) is 0 Å². The molecule has 3 atom stereocenters. The van der Waals surface area contributed by atoms with Crippen LogP contribution >= 0.6 is 0 Å². The van der Waals surface area contributed by atoms with Gasteiger partial charge in [0.25, 0.3) is 0 Å². The van der Waals surface area contributed by atoms with Crippen molar-refractivity contribution in [3.8, 4) is 0 Å². The molecule has 0 radical (unpaired) electrons. The van der Waals surface area contributed by atoms with Gasteiger partial charge in [0.1, 0.15) is 18.2 Å². The molecular formula is C24H36N2O7S. The first-order valence-electron chi connectivity index (χ1n) is 11.1. The molecular weight excluding hydrogens is 460 g/mol. The number of alkyl carbamates (subject to hydrolysis) is 1. The molecule has 0 unspecified atom stereocenters. The van der Waals surface area contributed by atoms with Gasteiger partial charge >= 0.3 is 12.1 Å². The largest absolute Gasteiger partial charge is 0.460 e. The molecule has 10 heteroatoms. The summed E-state index contributed by atoms with van der Waals surface area (Å²) in [6, 6.07) is 7.19. The minimum absolute atomic E-state index is 0.0416. The zero-order valence-electron chi connectivity index (χ0n) is 20.7. The molecule has 34 heavy (non-hydrogen) atoms. The first kappa shape index (κ1) is 29.2. The summed E-state index contributed by atoms with van der Waals surface area (Å²) in [5, 5.41) is 6.13. The molecule has 1 aromatic rings. The minimum atomic E-state index is -3.49. The number of nitrogens with one attached hydrogen (secondary N) is 2. The maximum absolute atomic E-state index is 13.0. The first-order valence-corrected chi connectivity index (χ1v) is 13.0. The SMILES string of the molecule is CC[C@H](C)[C@H](NC(=O)OCc1ccccc1)C(=O)N[C@H](/C=C/S(C)(=O)=O)CC(=O)OC(C)(C)C. The number of carbonyl (C=O) groups excluding carboxylic acids is 3. The Bertz CT molecular complexity index is 953. The fourth-order valence-electron chi connectivity index (χ4n) is 2.83. The molecule has 9 nitrogen and oxygen atoms in total. The van der Waals surface area contributed by atoms with Crippen molar-refractivity contribution in [3.05, 3.63) is 47.4 Å². The predicted molar refractivity (Wildman–Crippen MR) is 129 cm³/mol. The molecule has 1 rings (SSSR count). The van der Waals surface area contributed by atoms with Gasteiger partial charge in [-0.05, 0) is 32.3 Å². The number of carbonyl (C=O) groups is 3. The summed E-state index contributed by atoms with van der Waals surface area (Å²) in [6.45, 7) is 8.80. The molecule has 0 spiro atoms. The number of esters is 1. The second-order valence-corrected chi connectivity index (χ2v) is 11.1. The number of amides is 2. The van der Waals surface area contributed by atoms with Crippen LogP contribution in [0.3, 0.4) is 0 Å². The first-order chi connectivity index (χ1) is 15.7. The number of ether oxygens (including phenoxy) is 2. The molecule has 0 aliphatic rings. The van der Waals surface area contributed by atoms with Gasteiger partial charge in [0.05, 0.1) is 12.5 Å². The van der Waals surface area contributed by atoms with E-state index in [1.807, 2.05) is 37.3 Å². The third kappa shape index (κ3) is 12.4. The lowest BCUT2D eigenvalue weighted by molar-refractivity contribution is -0.155. The second-order valence-electron chi connectivity index (χ2n) is 9.13. The molecule has 0 saturated heterocycles. The number of hydrogen-bond donors (Lipinski definition) is 2. The van der Waals surface area contributed by atoms with Crippen LogP contribution in [0.5, 0.6) is 0 Å². The number of rotatable bonds is 11. The zero-order valence-corrected chi connectivity index (χ0v) is 21.5. The van der Waals surface area contributed by atoms with Gasteiger partial charge in [-0.15, -0.1) is 0 Å². The lowest BCUT2D eigenvalue weighted by Crippen LogP contribution is -2.52. The van der Waals surface area contributed by atoms with Gasteiger partial charge in [-0.2, -0.15) is 0 Å². The molecule has 0 fully saturated rings. The smallest absolute Gasteiger partial charge is 0.408 e. The Balaban J connectivity index is 2.93. The van der Waals surface area contributed by atoms with Crippen LogP contribution in [-0.4, -0.2) is 50.3 Å². The molecule has 0 aliphatic heterocycles. The van der Waals surface area contributed by atoms with E-state index >= 15 is 0 Å². The van der Waals surface area contributed by atoms with E-state index in [0.29, 0.717) is 6.42 Å². The molecule has 0 heterocycles. The Morgan fingerprint density at radius 2 is 1.71 bits per heavy atom. The van der Waals surface area contributed by atoms with E-state index in [2.05, 4.69) is 10.6 Å². The van der Waals surface area contributed by atoms with Crippen LogP contribution in [-0.2, 0) is 35.5 Å². The maximum Gasteiger partial charge on any atom is 0.408 e. The van der Waals surface area contributed by atoms with E-state index in [1.165, 1.54) is 6.08 Å². The fraction of sp³-hybridized carbons (Fsp3) is 0.542. The zero-order chi connectivity index (χ0) is 25.9. The average Bonchev–Trinajstić information content (AvgIpc) is 2.72. The van der Waals surface area contributed by atoms with E-state index < -0.39 is 45.5 Å². The third-order valence-electron chi connectivity index (χ3n) is 4.67. The quantitative estimate of drug-likeness (QED) is 0.451. The Morgan fingerprint density at radius 1 is 1.09 bits per heavy atom. The van der Waals surface area contributed by atoms with Gasteiger partial charge in [-0.25, -0.2) is 13.2 Å². The summed E-state index contributed by atoms with van der Waals surface area (Å²) >= 11 is 0. The summed E-state index contributed by atoms with van der Waals surface area (Å²) in [5.74, 6) is -1.44. The third-order valence-corrected chi connectivity index (χ3v) is 5.33. The minimum Gasteiger partial charge on any atom is -0.460 e. The summed E-state index contributed by atoms with van der Waals surface area (Å²) in [4.78, 5) is 37.7. The molecule has 1 aromatic carbocycles. The second kappa shape index (κ2) is 13.1. The van der Waals surface area contributed by atoms with Crippen molar-refractivity contribution in [1.82, 2.24) is 10.6 Å². The van der Waals surface area contributed by atoms with E-state index in [-0.39, 0.29) is 18.9 Å². The average molecular weight is 497 g/mol. The van der Waals surface area contributed by atoms with Gasteiger partial charge in [-0.3, -0.25) is 9.59 Å². The molecule has 2 amide bonds. The van der Waals surface area contributed by atoms with Crippen molar-refractivity contribution >= 4 is 27.8 Å². The van der Waals surface area contributed by atoms with Crippen molar-refractivity contribution in [2.45, 2.75) is 71.8 Å². The summed E-state index contributed by atoms with van der Waals surface area (Å²) in [6.07, 6.45) is 1.76. The molecule has 190 valence electrons. The van der Waals surface area contributed by atoms with Gasteiger partial charge in [0, 0.05) is 11.7 Å². The van der Waals surface area contributed by atoms with Gasteiger partial charge in [0.15, 0.2) is 9.84 Å². The molecule has 2 N–H and O–H groups in total. The highest BCUT2D eigenvalue weighted by molar-refractivity contribution is 7.93. The van der Waals surface area contributed by atoms with Crippen LogP contribution in [0, 0.1) is 5.92 Å². The summed E-state index contributed by atoms with van der Waals surface area (Å²) in [7, 11) is -3.49.